The van der Waals surface area contributed by atoms with Gasteiger partial charge in [-0.25, -0.2) is 0 Å². The lowest BCUT2D eigenvalue weighted by Crippen LogP contribution is -2.28. The summed E-state index contributed by atoms with van der Waals surface area (Å²) >= 11 is 0. The van der Waals surface area contributed by atoms with Crippen LogP contribution >= 0.6 is 0 Å². The quantitative estimate of drug-likeness (QED) is 0.862. The maximum Gasteiger partial charge on any atom is 0.254 e. The van der Waals surface area contributed by atoms with Crippen LogP contribution in [0.25, 0.3) is 0 Å². The highest BCUT2D eigenvalue weighted by molar-refractivity contribution is 5.99. The monoisotopic (exact) mass is 382 g/mol. The zero-order valence-electron chi connectivity index (χ0n) is 16.2. The number of anilines is 1. The molecule has 1 unspecified atom stereocenters. The summed E-state index contributed by atoms with van der Waals surface area (Å²) in [4.78, 5) is 27.1. The second-order valence-electron chi connectivity index (χ2n) is 7.56. The Morgan fingerprint density at radius 2 is 2.11 bits per heavy atom. The number of hydrogen-bond donors (Lipinski definition) is 1. The molecule has 2 aliphatic heterocycles. The second-order valence-corrected chi connectivity index (χ2v) is 7.56. The molecule has 1 N–H and O–H groups in total. The number of carbonyl (C=O) groups is 2. The van der Waals surface area contributed by atoms with Gasteiger partial charge in [-0.3, -0.25) is 14.3 Å². The molecule has 2 saturated heterocycles. The molecule has 0 aliphatic carbocycles. The van der Waals surface area contributed by atoms with E-state index in [4.69, 9.17) is 4.74 Å². The van der Waals surface area contributed by atoms with Crippen LogP contribution < -0.4 is 5.32 Å². The summed E-state index contributed by atoms with van der Waals surface area (Å²) in [6.45, 7) is 5.13. The molecule has 0 saturated carbocycles. The lowest BCUT2D eigenvalue weighted by Gasteiger charge is -2.18. The molecule has 1 atom stereocenters. The third kappa shape index (κ3) is 3.94. The predicted molar refractivity (Wildman–Crippen MR) is 105 cm³/mol. The smallest absolute Gasteiger partial charge is 0.254 e. The number of aromatic nitrogens is 2. The van der Waals surface area contributed by atoms with Crippen LogP contribution in [-0.4, -0.2) is 52.8 Å². The Balaban J connectivity index is 1.41. The Bertz CT molecular complexity index is 864. The average molecular weight is 382 g/mol. The summed E-state index contributed by atoms with van der Waals surface area (Å²) < 4.78 is 7.06. The summed E-state index contributed by atoms with van der Waals surface area (Å²) in [5.41, 5.74) is 3.24. The maximum atomic E-state index is 12.7. The molecule has 0 radical (unpaired) electrons. The van der Waals surface area contributed by atoms with Gasteiger partial charge in [-0.15, -0.1) is 0 Å². The standard InChI is InChI=1S/C21H26N4O3/c1-15-18(21(27)24-8-2-3-9-24)5-4-6-19(15)23-20(26)13-25-12-17(11-22-25)16-7-10-28-14-16/h4-6,11-12,16H,2-3,7-10,13-14H2,1H3,(H,23,26). The summed E-state index contributed by atoms with van der Waals surface area (Å²) in [5, 5.41) is 7.23. The van der Waals surface area contributed by atoms with Crippen molar-refractivity contribution in [2.24, 2.45) is 0 Å². The van der Waals surface area contributed by atoms with Gasteiger partial charge in [0.1, 0.15) is 6.54 Å². The lowest BCUT2D eigenvalue weighted by atomic mass is 10.0. The molecule has 1 aromatic heterocycles. The third-order valence-corrected chi connectivity index (χ3v) is 5.59. The molecule has 2 aliphatic rings. The average Bonchev–Trinajstić information content (AvgIpc) is 3.45. The van der Waals surface area contributed by atoms with E-state index >= 15 is 0 Å². The molecule has 2 amide bonds. The van der Waals surface area contributed by atoms with Crippen LogP contribution in [0, 0.1) is 6.92 Å². The van der Waals surface area contributed by atoms with E-state index in [2.05, 4.69) is 10.4 Å². The highest BCUT2D eigenvalue weighted by Gasteiger charge is 2.22. The van der Waals surface area contributed by atoms with E-state index < -0.39 is 0 Å². The zero-order valence-corrected chi connectivity index (χ0v) is 16.2. The van der Waals surface area contributed by atoms with Crippen molar-refractivity contribution >= 4 is 17.5 Å². The Kier molecular flexibility index (Phi) is 5.43. The van der Waals surface area contributed by atoms with Crippen LogP contribution in [0.15, 0.2) is 30.6 Å². The summed E-state index contributed by atoms with van der Waals surface area (Å²) in [5.74, 6) is 0.250. The summed E-state index contributed by atoms with van der Waals surface area (Å²) in [6, 6.07) is 5.48. The first-order valence-corrected chi connectivity index (χ1v) is 9.90. The largest absolute Gasteiger partial charge is 0.381 e. The number of nitrogens with zero attached hydrogens (tertiary/aromatic N) is 3. The first kappa shape index (κ1) is 18.7. The van der Waals surface area contributed by atoms with Crippen molar-refractivity contribution in [2.45, 2.75) is 38.6 Å². The van der Waals surface area contributed by atoms with E-state index in [-0.39, 0.29) is 18.4 Å². The first-order valence-electron chi connectivity index (χ1n) is 9.90. The molecule has 2 fully saturated rings. The molecule has 4 rings (SSSR count). The van der Waals surface area contributed by atoms with Crippen LogP contribution in [-0.2, 0) is 16.1 Å². The van der Waals surface area contributed by atoms with Crippen molar-refractivity contribution < 1.29 is 14.3 Å². The Hall–Kier alpha value is -2.67. The predicted octanol–water partition coefficient (Wildman–Crippen LogP) is 2.57. The maximum absolute atomic E-state index is 12.7. The molecule has 148 valence electrons. The van der Waals surface area contributed by atoms with Crippen LogP contribution in [0.5, 0.6) is 0 Å². The van der Waals surface area contributed by atoms with Gasteiger partial charge in [-0.2, -0.15) is 5.10 Å². The van der Waals surface area contributed by atoms with E-state index in [9.17, 15) is 9.59 Å². The van der Waals surface area contributed by atoms with Gasteiger partial charge < -0.3 is 15.0 Å². The van der Waals surface area contributed by atoms with Crippen LogP contribution in [0.1, 0.15) is 46.7 Å². The summed E-state index contributed by atoms with van der Waals surface area (Å²) in [6.07, 6.45) is 6.83. The number of hydrogen-bond acceptors (Lipinski definition) is 4. The molecule has 3 heterocycles. The first-order chi connectivity index (χ1) is 13.6. The van der Waals surface area contributed by atoms with Gasteiger partial charge >= 0.3 is 0 Å². The minimum Gasteiger partial charge on any atom is -0.381 e. The van der Waals surface area contributed by atoms with Crippen molar-refractivity contribution in [1.82, 2.24) is 14.7 Å². The van der Waals surface area contributed by atoms with E-state index in [0.717, 1.165) is 56.7 Å². The highest BCUT2D eigenvalue weighted by atomic mass is 16.5. The van der Waals surface area contributed by atoms with Gasteiger partial charge in [0.15, 0.2) is 0 Å². The van der Waals surface area contributed by atoms with Crippen molar-refractivity contribution in [3.8, 4) is 0 Å². The van der Waals surface area contributed by atoms with Gasteiger partial charge in [-0.1, -0.05) is 6.07 Å². The minimum absolute atomic E-state index is 0.0431. The molecule has 2 aromatic rings. The second kappa shape index (κ2) is 8.14. The van der Waals surface area contributed by atoms with Crippen molar-refractivity contribution in [1.29, 1.82) is 0 Å². The summed E-state index contributed by atoms with van der Waals surface area (Å²) in [7, 11) is 0. The van der Waals surface area contributed by atoms with E-state index in [1.807, 2.05) is 42.4 Å². The Morgan fingerprint density at radius 3 is 2.86 bits per heavy atom. The normalized spacial score (nSPS) is 19.2. The molecule has 7 nitrogen and oxygen atoms in total. The zero-order chi connectivity index (χ0) is 19.5. The molecular formula is C21H26N4O3. The van der Waals surface area contributed by atoms with E-state index in [1.165, 1.54) is 0 Å². The molecule has 28 heavy (non-hydrogen) atoms. The molecule has 1 aromatic carbocycles. The van der Waals surface area contributed by atoms with E-state index in [1.54, 1.807) is 4.68 Å². The van der Waals surface area contributed by atoms with Gasteiger partial charge in [0.25, 0.3) is 5.91 Å². The number of rotatable bonds is 5. The minimum atomic E-state index is -0.161. The number of carbonyl (C=O) groups excluding carboxylic acids is 2. The van der Waals surface area contributed by atoms with Crippen LogP contribution in [0.4, 0.5) is 5.69 Å². The molecular weight excluding hydrogens is 356 g/mol. The highest BCUT2D eigenvalue weighted by Crippen LogP contribution is 2.25. The number of amides is 2. The van der Waals surface area contributed by atoms with Gasteiger partial charge in [0, 0.05) is 43.1 Å². The molecule has 7 heteroatoms. The fourth-order valence-electron chi connectivity index (χ4n) is 3.90. The van der Waals surface area contributed by atoms with Gasteiger partial charge in [-0.05, 0) is 49.4 Å². The fourth-order valence-corrected chi connectivity index (χ4v) is 3.90. The number of nitrogens with one attached hydrogen (secondary N) is 1. The number of ether oxygens (including phenoxy) is 1. The van der Waals surface area contributed by atoms with Crippen molar-refractivity contribution in [3.63, 3.8) is 0 Å². The topological polar surface area (TPSA) is 76.5 Å². The van der Waals surface area contributed by atoms with Crippen molar-refractivity contribution in [3.05, 3.63) is 47.3 Å². The fraction of sp³-hybridized carbons (Fsp3) is 0.476. The Morgan fingerprint density at radius 1 is 1.29 bits per heavy atom. The Labute approximate surface area is 164 Å². The van der Waals surface area contributed by atoms with Gasteiger partial charge in [0.2, 0.25) is 5.91 Å². The third-order valence-electron chi connectivity index (χ3n) is 5.59. The molecule has 0 spiro atoms. The van der Waals surface area contributed by atoms with E-state index in [0.29, 0.717) is 17.2 Å². The van der Waals surface area contributed by atoms with Gasteiger partial charge in [0.05, 0.1) is 12.8 Å². The SMILES string of the molecule is Cc1c(NC(=O)Cn2cc(C3CCOC3)cn2)cccc1C(=O)N1CCCC1. The number of benzene rings is 1. The van der Waals surface area contributed by atoms with Crippen LogP contribution in [0.3, 0.4) is 0 Å². The molecule has 0 bridgehead atoms. The lowest BCUT2D eigenvalue weighted by molar-refractivity contribution is -0.116. The van der Waals surface area contributed by atoms with Crippen molar-refractivity contribution in [2.75, 3.05) is 31.6 Å². The number of likely N-dealkylation sites (tertiary alicyclic amines) is 1. The van der Waals surface area contributed by atoms with Crippen LogP contribution in [0.2, 0.25) is 0 Å².